The highest BCUT2D eigenvalue weighted by Crippen LogP contribution is 2.31. The predicted octanol–water partition coefficient (Wildman–Crippen LogP) is 1.54. The predicted molar refractivity (Wildman–Crippen MR) is 75.0 cm³/mol. The summed E-state index contributed by atoms with van der Waals surface area (Å²) < 4.78 is 10.6. The topological polar surface area (TPSA) is 102 Å². The number of methoxy groups -OCH3 is 1. The Hall–Kier alpha value is -2.83. The molecule has 0 atom stereocenters. The van der Waals surface area contributed by atoms with E-state index in [-0.39, 0.29) is 5.82 Å². The number of carboxylic acids is 1. The van der Waals surface area contributed by atoms with Crippen molar-refractivity contribution in [3.8, 4) is 22.9 Å². The fourth-order valence-corrected chi connectivity index (χ4v) is 1.79. The maximum Gasteiger partial charge on any atom is 0.342 e. The van der Waals surface area contributed by atoms with Crippen LogP contribution in [0, 0.1) is 0 Å². The lowest BCUT2D eigenvalue weighted by atomic mass is 10.2. The van der Waals surface area contributed by atoms with E-state index < -0.39 is 17.1 Å². The average Bonchev–Trinajstić information content (AvgIpc) is 2.47. The Morgan fingerprint density at radius 2 is 2.14 bits per heavy atom. The number of carboxylic acid groups (broad SMARTS) is 1. The molecule has 0 spiro atoms. The molecule has 2 N–H and O–H groups in total. The van der Waals surface area contributed by atoms with E-state index >= 15 is 0 Å². The number of nitrogens with zero attached hydrogens (tertiary/aromatic N) is 1. The third-order valence-electron chi connectivity index (χ3n) is 2.77. The molecule has 1 heterocycles. The lowest BCUT2D eigenvalue weighted by Crippen LogP contribution is -2.18. The molecule has 0 saturated carbocycles. The molecule has 0 aliphatic heterocycles. The number of hydrogen-bond donors (Lipinski definition) is 2. The number of aromatic nitrogens is 2. The molecule has 7 nitrogen and oxygen atoms in total. The van der Waals surface area contributed by atoms with Gasteiger partial charge in [-0.1, -0.05) is 0 Å². The van der Waals surface area contributed by atoms with Gasteiger partial charge in [-0.05, 0) is 25.1 Å². The number of benzene rings is 1. The molecule has 0 unspecified atom stereocenters. The smallest absolute Gasteiger partial charge is 0.342 e. The van der Waals surface area contributed by atoms with Crippen molar-refractivity contribution in [2.75, 3.05) is 13.7 Å². The maximum atomic E-state index is 11.7. The zero-order valence-corrected chi connectivity index (χ0v) is 11.5. The summed E-state index contributed by atoms with van der Waals surface area (Å²) in [6, 6.07) is 5.05. The van der Waals surface area contributed by atoms with Crippen LogP contribution in [-0.4, -0.2) is 34.8 Å². The van der Waals surface area contributed by atoms with Crippen LogP contribution in [-0.2, 0) is 0 Å². The minimum Gasteiger partial charge on any atom is -0.493 e. The van der Waals surface area contributed by atoms with Gasteiger partial charge in [0.05, 0.1) is 13.7 Å². The largest absolute Gasteiger partial charge is 0.493 e. The van der Waals surface area contributed by atoms with Gasteiger partial charge in [-0.15, -0.1) is 0 Å². The quantitative estimate of drug-likeness (QED) is 0.866. The van der Waals surface area contributed by atoms with Gasteiger partial charge in [-0.25, -0.2) is 9.78 Å². The standard InChI is InChI=1S/C14H14N2O5/c1-3-21-11-6-8(4-5-10(11)20-2)12-15-7-9(14(18)19)13(17)16-12/h4-7H,3H2,1-2H3,(H,18,19)(H,15,16,17). The fourth-order valence-electron chi connectivity index (χ4n) is 1.79. The minimum absolute atomic E-state index is 0.258. The second-order valence-corrected chi connectivity index (χ2v) is 4.08. The average molecular weight is 290 g/mol. The van der Waals surface area contributed by atoms with E-state index in [1.165, 1.54) is 7.11 Å². The van der Waals surface area contributed by atoms with Crippen molar-refractivity contribution in [2.45, 2.75) is 6.92 Å². The molecule has 0 aliphatic rings. The molecule has 0 amide bonds. The first kappa shape index (κ1) is 14.6. The summed E-state index contributed by atoms with van der Waals surface area (Å²) in [4.78, 5) is 28.8. The van der Waals surface area contributed by atoms with E-state index in [2.05, 4.69) is 9.97 Å². The third kappa shape index (κ3) is 3.02. The molecule has 2 rings (SSSR count). The van der Waals surface area contributed by atoms with Crippen molar-refractivity contribution in [1.82, 2.24) is 9.97 Å². The van der Waals surface area contributed by atoms with E-state index in [0.29, 0.717) is 23.7 Å². The molecule has 1 aromatic carbocycles. The van der Waals surface area contributed by atoms with Crippen LogP contribution in [0.1, 0.15) is 17.3 Å². The zero-order chi connectivity index (χ0) is 15.4. The van der Waals surface area contributed by atoms with Gasteiger partial charge in [0.15, 0.2) is 11.5 Å². The molecule has 7 heteroatoms. The number of aromatic amines is 1. The van der Waals surface area contributed by atoms with Crippen LogP contribution in [0.5, 0.6) is 11.5 Å². The normalized spacial score (nSPS) is 10.2. The number of carbonyl (C=O) groups is 1. The molecule has 21 heavy (non-hydrogen) atoms. The highest BCUT2D eigenvalue weighted by Gasteiger charge is 2.12. The number of H-pyrrole nitrogens is 1. The van der Waals surface area contributed by atoms with E-state index in [1.54, 1.807) is 18.2 Å². The van der Waals surface area contributed by atoms with E-state index in [4.69, 9.17) is 14.6 Å². The highest BCUT2D eigenvalue weighted by molar-refractivity contribution is 5.86. The SMILES string of the molecule is CCOc1cc(-c2ncc(C(=O)O)c(=O)[nH]2)ccc1OC. The summed E-state index contributed by atoms with van der Waals surface area (Å²) in [6.07, 6.45) is 1.03. The lowest BCUT2D eigenvalue weighted by Gasteiger charge is -2.10. The van der Waals surface area contributed by atoms with Gasteiger partial charge in [0.1, 0.15) is 11.4 Å². The molecular weight excluding hydrogens is 276 g/mol. The summed E-state index contributed by atoms with van der Waals surface area (Å²) in [5, 5.41) is 8.81. The van der Waals surface area contributed by atoms with Crippen LogP contribution in [0.4, 0.5) is 0 Å². The Morgan fingerprint density at radius 3 is 2.71 bits per heavy atom. The van der Waals surface area contributed by atoms with Gasteiger partial charge in [-0.2, -0.15) is 0 Å². The molecule has 0 bridgehead atoms. The van der Waals surface area contributed by atoms with Crippen molar-refractivity contribution in [3.05, 3.63) is 40.3 Å². The van der Waals surface area contributed by atoms with Gasteiger partial charge in [0.2, 0.25) is 0 Å². The molecule has 0 aliphatic carbocycles. The van der Waals surface area contributed by atoms with Crippen molar-refractivity contribution >= 4 is 5.97 Å². The number of hydrogen-bond acceptors (Lipinski definition) is 5. The second kappa shape index (κ2) is 6.08. The third-order valence-corrected chi connectivity index (χ3v) is 2.77. The molecule has 2 aromatic rings. The van der Waals surface area contributed by atoms with Crippen molar-refractivity contribution in [3.63, 3.8) is 0 Å². The Kier molecular flexibility index (Phi) is 4.22. The van der Waals surface area contributed by atoms with Crippen LogP contribution in [0.3, 0.4) is 0 Å². The summed E-state index contributed by atoms with van der Waals surface area (Å²) in [5.41, 5.74) is -0.521. The monoisotopic (exact) mass is 290 g/mol. The van der Waals surface area contributed by atoms with E-state index in [1.807, 2.05) is 6.92 Å². The van der Waals surface area contributed by atoms with Crippen LogP contribution in [0.15, 0.2) is 29.2 Å². The van der Waals surface area contributed by atoms with Gasteiger partial charge in [0.25, 0.3) is 5.56 Å². The van der Waals surface area contributed by atoms with Crippen LogP contribution >= 0.6 is 0 Å². The summed E-state index contributed by atoms with van der Waals surface area (Å²) >= 11 is 0. The van der Waals surface area contributed by atoms with E-state index in [9.17, 15) is 9.59 Å². The van der Waals surface area contributed by atoms with E-state index in [0.717, 1.165) is 6.20 Å². The highest BCUT2D eigenvalue weighted by atomic mass is 16.5. The van der Waals surface area contributed by atoms with Crippen molar-refractivity contribution in [2.24, 2.45) is 0 Å². The van der Waals surface area contributed by atoms with Gasteiger partial charge in [-0.3, -0.25) is 4.79 Å². The number of rotatable bonds is 5. The first-order chi connectivity index (χ1) is 10.1. The summed E-state index contributed by atoms with van der Waals surface area (Å²) in [5.74, 6) is 0.0150. The van der Waals surface area contributed by atoms with Gasteiger partial charge >= 0.3 is 5.97 Å². The lowest BCUT2D eigenvalue weighted by molar-refractivity contribution is 0.0694. The van der Waals surface area contributed by atoms with Gasteiger partial charge in [0, 0.05) is 11.8 Å². The summed E-state index contributed by atoms with van der Waals surface area (Å²) in [7, 11) is 1.53. The second-order valence-electron chi connectivity index (χ2n) is 4.08. The molecule has 0 radical (unpaired) electrons. The molecule has 1 aromatic heterocycles. The van der Waals surface area contributed by atoms with Crippen LogP contribution in [0.2, 0.25) is 0 Å². The first-order valence-corrected chi connectivity index (χ1v) is 6.20. The Balaban J connectivity index is 2.47. The maximum absolute atomic E-state index is 11.7. The van der Waals surface area contributed by atoms with Crippen LogP contribution in [0.25, 0.3) is 11.4 Å². The molecular formula is C14H14N2O5. The number of aromatic carboxylic acids is 1. The number of ether oxygens (including phenoxy) is 2. The fraction of sp³-hybridized carbons (Fsp3) is 0.214. The molecule has 110 valence electrons. The van der Waals surface area contributed by atoms with Crippen molar-refractivity contribution in [1.29, 1.82) is 0 Å². The van der Waals surface area contributed by atoms with Crippen LogP contribution < -0.4 is 15.0 Å². The Bertz CT molecular complexity index is 724. The van der Waals surface area contributed by atoms with Crippen molar-refractivity contribution < 1.29 is 19.4 Å². The zero-order valence-electron chi connectivity index (χ0n) is 11.5. The summed E-state index contributed by atoms with van der Waals surface area (Å²) in [6.45, 7) is 2.30. The first-order valence-electron chi connectivity index (χ1n) is 6.20. The number of nitrogens with one attached hydrogen (secondary N) is 1. The minimum atomic E-state index is -1.32. The Labute approximate surface area is 120 Å². The molecule has 0 saturated heterocycles. The molecule has 0 fully saturated rings. The van der Waals surface area contributed by atoms with Gasteiger partial charge < -0.3 is 19.6 Å². The Morgan fingerprint density at radius 1 is 1.38 bits per heavy atom.